The zero-order chi connectivity index (χ0) is 13.2. The van der Waals surface area contributed by atoms with Crippen molar-refractivity contribution < 1.29 is 18.3 Å². The van der Waals surface area contributed by atoms with Crippen LogP contribution >= 0.6 is 0 Å². The molecule has 0 saturated heterocycles. The molecule has 0 amide bonds. The van der Waals surface area contributed by atoms with Crippen LogP contribution in [0.1, 0.15) is 12.5 Å². The first-order valence-corrected chi connectivity index (χ1v) is 7.36. The van der Waals surface area contributed by atoms with Gasteiger partial charge >= 0.3 is 0 Å². The Morgan fingerprint density at radius 1 is 1.44 bits per heavy atom. The minimum absolute atomic E-state index is 0.294. The molecule has 2 rings (SSSR count). The lowest BCUT2D eigenvalue weighted by Gasteiger charge is -2.22. The van der Waals surface area contributed by atoms with Gasteiger partial charge in [-0.25, -0.2) is 8.42 Å². The highest BCUT2D eigenvalue weighted by atomic mass is 32.2. The third-order valence-electron chi connectivity index (χ3n) is 3.04. The minimum Gasteiger partial charge on any atom is -0.492 e. The number of rotatable bonds is 3. The van der Waals surface area contributed by atoms with E-state index in [1.807, 2.05) is 24.3 Å². The highest BCUT2D eigenvalue weighted by Gasteiger charge is 2.30. The first kappa shape index (κ1) is 13.3. The Hall–Kier alpha value is -1.11. The maximum absolute atomic E-state index is 12.2. The van der Waals surface area contributed by atoms with E-state index in [9.17, 15) is 8.42 Å². The third-order valence-corrected chi connectivity index (χ3v) is 5.24. The minimum atomic E-state index is -3.47. The number of nitrogens with zero attached hydrogens (tertiary/aromatic N) is 1. The molecular formula is C12H17NO4S. The van der Waals surface area contributed by atoms with Crippen molar-refractivity contribution in [2.75, 3.05) is 19.8 Å². The van der Waals surface area contributed by atoms with E-state index >= 15 is 0 Å². The van der Waals surface area contributed by atoms with Crippen molar-refractivity contribution in [3.05, 3.63) is 29.8 Å². The van der Waals surface area contributed by atoms with E-state index < -0.39 is 15.3 Å². The standard InChI is InChI=1S/C12H17NO4S/c1-10(9-14)18(15,16)13-6-7-17-12-5-3-2-4-11(12)8-13/h2-5,10,14H,6-9H2,1H3. The number of fused-ring (bicyclic) bond motifs is 1. The average Bonchev–Trinajstić information content (AvgIpc) is 2.60. The molecule has 18 heavy (non-hydrogen) atoms. The summed E-state index contributed by atoms with van der Waals surface area (Å²) in [5.41, 5.74) is 0.851. The van der Waals surface area contributed by atoms with Gasteiger partial charge in [0.05, 0.1) is 11.9 Å². The fourth-order valence-electron chi connectivity index (χ4n) is 1.87. The Bertz CT molecular complexity index is 515. The zero-order valence-electron chi connectivity index (χ0n) is 10.2. The van der Waals surface area contributed by atoms with Crippen molar-refractivity contribution in [1.29, 1.82) is 0 Å². The third kappa shape index (κ3) is 2.50. The number of aliphatic hydroxyl groups is 1. The second-order valence-corrected chi connectivity index (χ2v) is 6.68. The van der Waals surface area contributed by atoms with E-state index in [0.717, 1.165) is 11.3 Å². The van der Waals surface area contributed by atoms with Crippen LogP contribution in [0.15, 0.2) is 24.3 Å². The molecule has 0 bridgehead atoms. The van der Waals surface area contributed by atoms with E-state index in [-0.39, 0.29) is 6.61 Å². The molecule has 0 aliphatic carbocycles. The zero-order valence-corrected chi connectivity index (χ0v) is 11.1. The van der Waals surface area contributed by atoms with Gasteiger partial charge in [-0.05, 0) is 13.0 Å². The molecular weight excluding hydrogens is 254 g/mol. The van der Waals surface area contributed by atoms with Crippen LogP contribution < -0.4 is 4.74 Å². The van der Waals surface area contributed by atoms with E-state index in [1.165, 1.54) is 11.2 Å². The van der Waals surface area contributed by atoms with Gasteiger partial charge in [-0.1, -0.05) is 18.2 Å². The maximum Gasteiger partial charge on any atom is 0.219 e. The lowest BCUT2D eigenvalue weighted by molar-refractivity contribution is 0.275. The fourth-order valence-corrected chi connectivity index (χ4v) is 3.21. The van der Waals surface area contributed by atoms with Gasteiger partial charge in [0.2, 0.25) is 10.0 Å². The molecule has 1 atom stereocenters. The van der Waals surface area contributed by atoms with Gasteiger partial charge in [0.15, 0.2) is 0 Å². The Morgan fingerprint density at radius 2 is 2.17 bits per heavy atom. The van der Waals surface area contributed by atoms with Crippen LogP contribution in [-0.2, 0) is 16.6 Å². The van der Waals surface area contributed by atoms with Crippen molar-refractivity contribution >= 4 is 10.0 Å². The number of ether oxygens (including phenoxy) is 1. The van der Waals surface area contributed by atoms with Crippen molar-refractivity contribution in [3.63, 3.8) is 0 Å². The number of hydrogen-bond acceptors (Lipinski definition) is 4. The molecule has 0 aromatic heterocycles. The molecule has 1 N–H and O–H groups in total. The maximum atomic E-state index is 12.2. The molecule has 1 aliphatic rings. The summed E-state index contributed by atoms with van der Waals surface area (Å²) in [6, 6.07) is 7.40. The molecule has 0 radical (unpaired) electrons. The quantitative estimate of drug-likeness (QED) is 0.874. The molecule has 6 heteroatoms. The first-order chi connectivity index (χ1) is 8.55. The Balaban J connectivity index is 2.28. The summed E-state index contributed by atoms with van der Waals surface area (Å²) in [6.07, 6.45) is 0. The highest BCUT2D eigenvalue weighted by molar-refractivity contribution is 7.89. The van der Waals surface area contributed by atoms with Gasteiger partial charge < -0.3 is 9.84 Å². The van der Waals surface area contributed by atoms with Gasteiger partial charge in [0.25, 0.3) is 0 Å². The smallest absolute Gasteiger partial charge is 0.219 e. The highest BCUT2D eigenvalue weighted by Crippen LogP contribution is 2.24. The molecule has 100 valence electrons. The van der Waals surface area contributed by atoms with Crippen LogP contribution in [0, 0.1) is 0 Å². The summed E-state index contributed by atoms with van der Waals surface area (Å²) >= 11 is 0. The lowest BCUT2D eigenvalue weighted by Crippen LogP contribution is -2.39. The van der Waals surface area contributed by atoms with E-state index in [2.05, 4.69) is 0 Å². The van der Waals surface area contributed by atoms with E-state index in [1.54, 1.807) is 0 Å². The predicted octanol–water partition coefficient (Wildman–Crippen LogP) is 0.592. The second kappa shape index (κ2) is 5.26. The van der Waals surface area contributed by atoms with Crippen LogP contribution in [0.4, 0.5) is 0 Å². The normalized spacial score (nSPS) is 18.6. The van der Waals surface area contributed by atoms with Crippen LogP contribution in [0.2, 0.25) is 0 Å². The van der Waals surface area contributed by atoms with Crippen LogP contribution in [-0.4, -0.2) is 42.8 Å². The largest absolute Gasteiger partial charge is 0.492 e. The first-order valence-electron chi connectivity index (χ1n) is 5.86. The molecule has 0 saturated carbocycles. The summed E-state index contributed by atoms with van der Waals surface area (Å²) in [7, 11) is -3.47. The molecule has 0 spiro atoms. The second-order valence-electron chi connectivity index (χ2n) is 4.33. The summed E-state index contributed by atoms with van der Waals surface area (Å²) < 4.78 is 31.3. The average molecular weight is 271 g/mol. The van der Waals surface area contributed by atoms with Crippen LogP contribution in [0.25, 0.3) is 0 Å². The van der Waals surface area contributed by atoms with Crippen molar-refractivity contribution in [1.82, 2.24) is 4.31 Å². The molecule has 1 aliphatic heterocycles. The molecule has 5 nitrogen and oxygen atoms in total. The number of para-hydroxylation sites is 1. The van der Waals surface area contributed by atoms with Gasteiger partial charge in [0.1, 0.15) is 12.4 Å². The van der Waals surface area contributed by atoms with Crippen molar-refractivity contribution in [2.24, 2.45) is 0 Å². The van der Waals surface area contributed by atoms with Crippen LogP contribution in [0.3, 0.4) is 0 Å². The van der Waals surface area contributed by atoms with E-state index in [4.69, 9.17) is 9.84 Å². The van der Waals surface area contributed by atoms with Gasteiger partial charge in [0, 0.05) is 18.7 Å². The van der Waals surface area contributed by atoms with Gasteiger partial charge in [-0.2, -0.15) is 4.31 Å². The van der Waals surface area contributed by atoms with Gasteiger partial charge in [-0.3, -0.25) is 0 Å². The molecule has 1 aromatic rings. The SMILES string of the molecule is CC(CO)S(=O)(=O)N1CCOc2ccccc2C1. The van der Waals surface area contributed by atoms with Gasteiger partial charge in [-0.15, -0.1) is 0 Å². The molecule has 1 aromatic carbocycles. The molecule has 1 unspecified atom stereocenters. The summed E-state index contributed by atoms with van der Waals surface area (Å²) in [5.74, 6) is 0.729. The molecule has 1 heterocycles. The topological polar surface area (TPSA) is 66.8 Å². The molecule has 0 fully saturated rings. The lowest BCUT2D eigenvalue weighted by atomic mass is 10.2. The summed E-state index contributed by atoms with van der Waals surface area (Å²) in [6.45, 7) is 2.06. The predicted molar refractivity (Wildman–Crippen MR) is 67.8 cm³/mol. The Kier molecular flexibility index (Phi) is 3.89. The monoisotopic (exact) mass is 271 g/mol. The van der Waals surface area contributed by atoms with Crippen molar-refractivity contribution in [2.45, 2.75) is 18.7 Å². The Morgan fingerprint density at radius 3 is 2.89 bits per heavy atom. The van der Waals surface area contributed by atoms with Crippen LogP contribution in [0.5, 0.6) is 5.75 Å². The number of aliphatic hydroxyl groups excluding tert-OH is 1. The number of hydrogen-bond donors (Lipinski definition) is 1. The summed E-state index contributed by atoms with van der Waals surface area (Å²) in [5, 5.41) is 8.24. The summed E-state index contributed by atoms with van der Waals surface area (Å²) in [4.78, 5) is 0. The van der Waals surface area contributed by atoms with Crippen molar-refractivity contribution in [3.8, 4) is 5.75 Å². The number of benzene rings is 1. The van der Waals surface area contributed by atoms with E-state index in [0.29, 0.717) is 19.7 Å². The fraction of sp³-hybridized carbons (Fsp3) is 0.500. The number of sulfonamides is 1. The Labute approximate surface area is 107 Å².